The molecule has 90 valence electrons. The molecular weight excluding hydrogens is 214 g/mol. The first-order chi connectivity index (χ1) is 7.52. The summed E-state index contributed by atoms with van der Waals surface area (Å²) >= 11 is 1.99. The topological polar surface area (TPSA) is 12.0 Å². The lowest BCUT2D eigenvalue weighted by atomic mass is 9.95. The van der Waals surface area contributed by atoms with Gasteiger partial charge in [0.1, 0.15) is 0 Å². The van der Waals surface area contributed by atoms with Crippen molar-refractivity contribution in [2.45, 2.75) is 52.0 Å². The molecule has 1 unspecified atom stereocenters. The molecule has 1 aromatic rings. The maximum absolute atomic E-state index is 3.64. The third-order valence-corrected chi connectivity index (χ3v) is 4.78. The predicted molar refractivity (Wildman–Crippen MR) is 72.2 cm³/mol. The highest BCUT2D eigenvalue weighted by atomic mass is 32.1. The Hall–Kier alpha value is -0.340. The SMILES string of the molecule is CCNC(c1ccc(C(C)(C)C)s1)C1CC1. The van der Waals surface area contributed by atoms with E-state index >= 15 is 0 Å². The molecule has 1 N–H and O–H groups in total. The second-order valence-electron chi connectivity index (χ2n) is 5.82. The van der Waals surface area contributed by atoms with Crippen molar-refractivity contribution in [3.05, 3.63) is 21.9 Å². The van der Waals surface area contributed by atoms with Gasteiger partial charge in [-0.25, -0.2) is 0 Å². The van der Waals surface area contributed by atoms with Gasteiger partial charge in [-0.2, -0.15) is 0 Å². The Morgan fingerprint density at radius 3 is 2.50 bits per heavy atom. The number of hydrogen-bond donors (Lipinski definition) is 1. The highest BCUT2D eigenvalue weighted by Gasteiger charge is 2.33. The molecule has 1 heterocycles. The molecule has 16 heavy (non-hydrogen) atoms. The van der Waals surface area contributed by atoms with Gasteiger partial charge in [0.25, 0.3) is 0 Å². The second kappa shape index (κ2) is 4.50. The standard InChI is InChI=1S/C14H23NS/c1-5-15-13(10-6-7-10)11-8-9-12(16-11)14(2,3)4/h8-10,13,15H,5-7H2,1-4H3. The zero-order valence-corrected chi connectivity index (χ0v) is 11.7. The number of rotatable bonds is 4. The molecule has 2 rings (SSSR count). The number of hydrogen-bond acceptors (Lipinski definition) is 2. The third kappa shape index (κ3) is 2.67. The van der Waals surface area contributed by atoms with Crippen molar-refractivity contribution in [2.24, 2.45) is 5.92 Å². The largest absolute Gasteiger partial charge is 0.309 e. The van der Waals surface area contributed by atoms with Gasteiger partial charge in [0.15, 0.2) is 0 Å². The quantitative estimate of drug-likeness (QED) is 0.831. The fourth-order valence-corrected chi connectivity index (χ4v) is 3.31. The molecule has 1 aromatic heterocycles. The summed E-state index contributed by atoms with van der Waals surface area (Å²) in [6.45, 7) is 10.2. The van der Waals surface area contributed by atoms with Crippen LogP contribution in [0.1, 0.15) is 56.3 Å². The van der Waals surface area contributed by atoms with Gasteiger partial charge in [-0.05, 0) is 42.9 Å². The highest BCUT2D eigenvalue weighted by Crippen LogP contribution is 2.44. The van der Waals surface area contributed by atoms with Crippen molar-refractivity contribution < 1.29 is 0 Å². The van der Waals surface area contributed by atoms with E-state index in [1.807, 2.05) is 11.3 Å². The Morgan fingerprint density at radius 1 is 1.38 bits per heavy atom. The van der Waals surface area contributed by atoms with Crippen molar-refractivity contribution in [3.63, 3.8) is 0 Å². The zero-order valence-electron chi connectivity index (χ0n) is 10.8. The van der Waals surface area contributed by atoms with Gasteiger partial charge in [0.2, 0.25) is 0 Å². The van der Waals surface area contributed by atoms with E-state index in [1.165, 1.54) is 22.6 Å². The molecule has 1 nitrogen and oxygen atoms in total. The molecule has 0 aliphatic heterocycles. The zero-order chi connectivity index (χ0) is 11.8. The Balaban J connectivity index is 2.15. The van der Waals surface area contributed by atoms with Crippen LogP contribution in [-0.2, 0) is 5.41 Å². The van der Waals surface area contributed by atoms with Crippen LogP contribution in [0.3, 0.4) is 0 Å². The van der Waals surface area contributed by atoms with Crippen LogP contribution >= 0.6 is 11.3 Å². The molecule has 1 aliphatic carbocycles. The first-order valence-corrected chi connectivity index (χ1v) is 7.17. The summed E-state index contributed by atoms with van der Waals surface area (Å²) in [5.41, 5.74) is 0.295. The third-order valence-electron chi connectivity index (χ3n) is 3.19. The van der Waals surface area contributed by atoms with Crippen molar-refractivity contribution in [1.82, 2.24) is 5.32 Å². The Kier molecular flexibility index (Phi) is 3.41. The summed E-state index contributed by atoms with van der Waals surface area (Å²) in [5.74, 6) is 0.895. The van der Waals surface area contributed by atoms with Gasteiger partial charge in [0, 0.05) is 15.8 Å². The van der Waals surface area contributed by atoms with Crippen LogP contribution in [0, 0.1) is 5.92 Å². The van der Waals surface area contributed by atoms with E-state index in [4.69, 9.17) is 0 Å². The summed E-state index contributed by atoms with van der Waals surface area (Å²) in [4.78, 5) is 3.04. The molecule has 1 atom stereocenters. The van der Waals surface area contributed by atoms with E-state index in [-0.39, 0.29) is 0 Å². The minimum Gasteiger partial charge on any atom is -0.309 e. The van der Waals surface area contributed by atoms with Crippen LogP contribution in [0.15, 0.2) is 12.1 Å². The average Bonchev–Trinajstić information content (AvgIpc) is 2.89. The maximum Gasteiger partial charge on any atom is 0.0443 e. The number of nitrogens with one attached hydrogen (secondary N) is 1. The molecule has 0 amide bonds. The predicted octanol–water partition coefficient (Wildman–Crippen LogP) is 4.11. The van der Waals surface area contributed by atoms with Crippen molar-refractivity contribution in [1.29, 1.82) is 0 Å². The van der Waals surface area contributed by atoms with Gasteiger partial charge < -0.3 is 5.32 Å². The second-order valence-corrected chi connectivity index (χ2v) is 6.94. The van der Waals surface area contributed by atoms with Crippen LogP contribution in [0.4, 0.5) is 0 Å². The molecule has 0 radical (unpaired) electrons. The van der Waals surface area contributed by atoms with Crippen LogP contribution in [0.5, 0.6) is 0 Å². The van der Waals surface area contributed by atoms with Crippen LogP contribution < -0.4 is 5.32 Å². The van der Waals surface area contributed by atoms with Crippen molar-refractivity contribution >= 4 is 11.3 Å². The molecule has 2 heteroatoms. The lowest BCUT2D eigenvalue weighted by Gasteiger charge is -2.17. The van der Waals surface area contributed by atoms with Crippen molar-refractivity contribution in [2.75, 3.05) is 6.54 Å². The molecular formula is C14H23NS. The first-order valence-electron chi connectivity index (χ1n) is 6.36. The fourth-order valence-electron chi connectivity index (χ4n) is 2.07. The van der Waals surface area contributed by atoms with Crippen molar-refractivity contribution in [3.8, 4) is 0 Å². The van der Waals surface area contributed by atoms with E-state index in [1.54, 1.807) is 0 Å². The normalized spacial score (nSPS) is 18.8. The van der Waals surface area contributed by atoms with E-state index in [0.717, 1.165) is 12.5 Å². The molecule has 1 aliphatic rings. The van der Waals surface area contributed by atoms with Crippen LogP contribution in [0.25, 0.3) is 0 Å². The summed E-state index contributed by atoms with van der Waals surface area (Å²) < 4.78 is 0. The molecule has 0 aromatic carbocycles. The summed E-state index contributed by atoms with van der Waals surface area (Å²) in [6, 6.07) is 5.26. The molecule has 0 spiro atoms. The van der Waals surface area contributed by atoms with Gasteiger partial charge in [-0.15, -0.1) is 11.3 Å². The van der Waals surface area contributed by atoms with Gasteiger partial charge >= 0.3 is 0 Å². The molecule has 1 saturated carbocycles. The van der Waals surface area contributed by atoms with E-state index in [9.17, 15) is 0 Å². The monoisotopic (exact) mass is 237 g/mol. The van der Waals surface area contributed by atoms with Gasteiger partial charge in [0.05, 0.1) is 0 Å². The van der Waals surface area contributed by atoms with E-state index < -0.39 is 0 Å². The lowest BCUT2D eigenvalue weighted by Crippen LogP contribution is -2.21. The molecule has 0 saturated heterocycles. The lowest BCUT2D eigenvalue weighted by molar-refractivity contribution is 0.504. The minimum atomic E-state index is 0.295. The Morgan fingerprint density at radius 2 is 2.06 bits per heavy atom. The first kappa shape index (κ1) is 12.1. The van der Waals surface area contributed by atoms with Crippen LogP contribution in [-0.4, -0.2) is 6.54 Å². The Bertz CT molecular complexity index is 344. The average molecular weight is 237 g/mol. The van der Waals surface area contributed by atoms with E-state index in [2.05, 4.69) is 45.1 Å². The van der Waals surface area contributed by atoms with Gasteiger partial charge in [-0.3, -0.25) is 0 Å². The molecule has 0 bridgehead atoms. The number of thiophene rings is 1. The van der Waals surface area contributed by atoms with E-state index in [0.29, 0.717) is 11.5 Å². The minimum absolute atomic E-state index is 0.295. The summed E-state index contributed by atoms with van der Waals surface area (Å²) in [5, 5.41) is 3.64. The maximum atomic E-state index is 3.64. The Labute approximate surface area is 103 Å². The summed E-state index contributed by atoms with van der Waals surface area (Å²) in [6.07, 6.45) is 2.81. The molecule has 1 fully saturated rings. The van der Waals surface area contributed by atoms with Crippen LogP contribution in [0.2, 0.25) is 0 Å². The van der Waals surface area contributed by atoms with Gasteiger partial charge in [-0.1, -0.05) is 27.7 Å². The summed E-state index contributed by atoms with van der Waals surface area (Å²) in [7, 11) is 0. The highest BCUT2D eigenvalue weighted by molar-refractivity contribution is 7.12. The fraction of sp³-hybridized carbons (Fsp3) is 0.714. The smallest absolute Gasteiger partial charge is 0.0443 e.